The maximum Gasteiger partial charge on any atom is 0.223 e. The second-order valence-electron chi connectivity index (χ2n) is 4.98. The van der Waals surface area contributed by atoms with E-state index < -0.39 is 0 Å². The Balaban J connectivity index is 1.48. The lowest BCUT2D eigenvalue weighted by atomic mass is 9.81. The van der Waals surface area contributed by atoms with E-state index in [-0.39, 0.29) is 0 Å². The van der Waals surface area contributed by atoms with Gasteiger partial charge >= 0.3 is 0 Å². The van der Waals surface area contributed by atoms with Crippen LogP contribution in [0.15, 0.2) is 0 Å². The van der Waals surface area contributed by atoms with Gasteiger partial charge in [-0.3, -0.25) is 4.79 Å². The Hall–Kier alpha value is -0.530. The third-order valence-electron chi connectivity index (χ3n) is 3.86. The average Bonchev–Trinajstić information content (AvgIpc) is 2.75. The van der Waals surface area contributed by atoms with Crippen LogP contribution >= 0.6 is 0 Å². The molecule has 0 aromatic rings. The van der Waals surface area contributed by atoms with Gasteiger partial charge in [0.1, 0.15) is 0 Å². The lowest BCUT2D eigenvalue weighted by Crippen LogP contribution is -2.28. The maximum absolute atomic E-state index is 11.6. The summed E-state index contributed by atoms with van der Waals surface area (Å²) in [4.78, 5) is 11.6. The minimum absolute atomic E-state index is 0.361. The lowest BCUT2D eigenvalue weighted by Gasteiger charge is -2.25. The summed E-state index contributed by atoms with van der Waals surface area (Å²) < 4.78 is 0. The van der Waals surface area contributed by atoms with Crippen molar-refractivity contribution < 1.29 is 4.79 Å². The Kier molecular flexibility index (Phi) is 1.64. The van der Waals surface area contributed by atoms with Crippen molar-refractivity contribution in [3.05, 3.63) is 0 Å². The molecule has 0 radical (unpaired) electrons. The van der Waals surface area contributed by atoms with Gasteiger partial charge in [-0.05, 0) is 31.1 Å². The molecule has 3 fully saturated rings. The SMILES string of the molecule is O=C(NC1CC1)C1CC1C1CCC1. The van der Waals surface area contributed by atoms with E-state index in [1.165, 1.54) is 38.5 Å². The highest BCUT2D eigenvalue weighted by atomic mass is 16.2. The van der Waals surface area contributed by atoms with Crippen molar-refractivity contribution in [3.63, 3.8) is 0 Å². The Morgan fingerprint density at radius 2 is 1.92 bits per heavy atom. The number of amides is 1. The fourth-order valence-corrected chi connectivity index (χ4v) is 2.44. The van der Waals surface area contributed by atoms with Gasteiger partial charge in [0.25, 0.3) is 0 Å². The fraction of sp³-hybridized carbons (Fsp3) is 0.909. The van der Waals surface area contributed by atoms with E-state index in [0.717, 1.165) is 11.8 Å². The van der Waals surface area contributed by atoms with Gasteiger partial charge in [0.05, 0.1) is 0 Å². The Morgan fingerprint density at radius 1 is 1.15 bits per heavy atom. The minimum Gasteiger partial charge on any atom is -0.353 e. The smallest absolute Gasteiger partial charge is 0.223 e. The van der Waals surface area contributed by atoms with Crippen molar-refractivity contribution in [2.45, 2.75) is 44.6 Å². The van der Waals surface area contributed by atoms with Crippen molar-refractivity contribution in [2.24, 2.45) is 17.8 Å². The molecule has 0 heterocycles. The summed E-state index contributed by atoms with van der Waals surface area (Å²) >= 11 is 0. The van der Waals surface area contributed by atoms with Crippen molar-refractivity contribution in [3.8, 4) is 0 Å². The highest BCUT2D eigenvalue weighted by Gasteiger charge is 2.49. The molecule has 2 unspecified atom stereocenters. The quantitative estimate of drug-likeness (QED) is 0.702. The summed E-state index contributed by atoms with van der Waals surface area (Å²) in [6, 6.07) is 0.551. The molecule has 0 aromatic heterocycles. The van der Waals surface area contributed by atoms with Gasteiger partial charge in [0, 0.05) is 12.0 Å². The highest BCUT2D eigenvalue weighted by molar-refractivity contribution is 5.82. The third kappa shape index (κ3) is 1.47. The van der Waals surface area contributed by atoms with E-state index in [0.29, 0.717) is 17.9 Å². The number of hydrogen-bond acceptors (Lipinski definition) is 1. The second-order valence-corrected chi connectivity index (χ2v) is 4.98. The molecular weight excluding hydrogens is 162 g/mol. The van der Waals surface area contributed by atoms with Crippen LogP contribution in [0.5, 0.6) is 0 Å². The molecule has 1 N–H and O–H groups in total. The molecule has 0 saturated heterocycles. The summed E-state index contributed by atoms with van der Waals surface area (Å²) in [7, 11) is 0. The minimum atomic E-state index is 0.361. The van der Waals surface area contributed by atoms with E-state index in [1.54, 1.807) is 0 Å². The van der Waals surface area contributed by atoms with Crippen molar-refractivity contribution in [1.29, 1.82) is 0 Å². The molecule has 72 valence electrons. The number of nitrogens with one attached hydrogen (secondary N) is 1. The summed E-state index contributed by atoms with van der Waals surface area (Å²) in [5.41, 5.74) is 0. The zero-order valence-electron chi connectivity index (χ0n) is 7.96. The summed E-state index contributed by atoms with van der Waals surface area (Å²) in [5, 5.41) is 3.11. The van der Waals surface area contributed by atoms with Crippen LogP contribution in [0.25, 0.3) is 0 Å². The van der Waals surface area contributed by atoms with Gasteiger partial charge in [0.2, 0.25) is 5.91 Å². The van der Waals surface area contributed by atoms with Crippen LogP contribution in [0.4, 0.5) is 0 Å². The molecule has 3 rings (SSSR count). The second kappa shape index (κ2) is 2.73. The number of hydrogen-bond donors (Lipinski definition) is 1. The molecule has 0 aromatic carbocycles. The molecule has 3 aliphatic carbocycles. The fourth-order valence-electron chi connectivity index (χ4n) is 2.44. The Bertz CT molecular complexity index is 230. The molecule has 13 heavy (non-hydrogen) atoms. The summed E-state index contributed by atoms with van der Waals surface area (Å²) in [6.07, 6.45) is 7.79. The normalized spacial score (nSPS) is 38.2. The van der Waals surface area contributed by atoms with Gasteiger partial charge in [-0.2, -0.15) is 0 Å². The molecule has 3 saturated carbocycles. The lowest BCUT2D eigenvalue weighted by molar-refractivity contribution is -0.123. The van der Waals surface area contributed by atoms with Crippen LogP contribution in [0.3, 0.4) is 0 Å². The van der Waals surface area contributed by atoms with Crippen molar-refractivity contribution in [1.82, 2.24) is 5.32 Å². The highest BCUT2D eigenvalue weighted by Crippen LogP contribution is 2.51. The van der Waals surface area contributed by atoms with Crippen LogP contribution in [0.2, 0.25) is 0 Å². The van der Waals surface area contributed by atoms with E-state index in [1.807, 2.05) is 0 Å². The molecule has 0 bridgehead atoms. The summed E-state index contributed by atoms with van der Waals surface area (Å²) in [6.45, 7) is 0. The predicted molar refractivity (Wildman–Crippen MR) is 50.1 cm³/mol. The zero-order valence-corrected chi connectivity index (χ0v) is 7.96. The molecule has 0 spiro atoms. The molecule has 0 aliphatic heterocycles. The number of carbonyl (C=O) groups is 1. The van der Waals surface area contributed by atoms with Crippen LogP contribution in [0, 0.1) is 17.8 Å². The van der Waals surface area contributed by atoms with Crippen molar-refractivity contribution in [2.75, 3.05) is 0 Å². The van der Waals surface area contributed by atoms with Crippen molar-refractivity contribution >= 4 is 5.91 Å². The monoisotopic (exact) mass is 179 g/mol. The van der Waals surface area contributed by atoms with Gasteiger partial charge in [-0.15, -0.1) is 0 Å². The van der Waals surface area contributed by atoms with Gasteiger partial charge in [0.15, 0.2) is 0 Å². The van der Waals surface area contributed by atoms with Crippen LogP contribution < -0.4 is 5.32 Å². The molecule has 2 heteroatoms. The van der Waals surface area contributed by atoms with E-state index in [2.05, 4.69) is 5.32 Å². The van der Waals surface area contributed by atoms with Gasteiger partial charge < -0.3 is 5.32 Å². The Labute approximate surface area is 79.1 Å². The van der Waals surface area contributed by atoms with E-state index >= 15 is 0 Å². The molecular formula is C11H17NO. The first-order valence-electron chi connectivity index (χ1n) is 5.65. The molecule has 2 atom stereocenters. The van der Waals surface area contributed by atoms with E-state index in [4.69, 9.17) is 0 Å². The average molecular weight is 179 g/mol. The van der Waals surface area contributed by atoms with Crippen LogP contribution in [-0.4, -0.2) is 11.9 Å². The number of carbonyl (C=O) groups excluding carboxylic acids is 1. The maximum atomic E-state index is 11.6. The first kappa shape index (κ1) is 7.84. The molecule has 1 amide bonds. The van der Waals surface area contributed by atoms with Gasteiger partial charge in [-0.1, -0.05) is 19.3 Å². The number of rotatable bonds is 3. The standard InChI is InChI=1S/C11H17NO/c13-11(12-8-4-5-8)10-6-9(10)7-2-1-3-7/h7-10H,1-6H2,(H,12,13). The first-order valence-corrected chi connectivity index (χ1v) is 5.65. The van der Waals surface area contributed by atoms with Crippen LogP contribution in [0.1, 0.15) is 38.5 Å². The van der Waals surface area contributed by atoms with E-state index in [9.17, 15) is 4.79 Å². The summed E-state index contributed by atoms with van der Waals surface area (Å²) in [5.74, 6) is 2.45. The molecule has 2 nitrogen and oxygen atoms in total. The zero-order chi connectivity index (χ0) is 8.84. The van der Waals surface area contributed by atoms with Crippen LogP contribution in [-0.2, 0) is 4.79 Å². The topological polar surface area (TPSA) is 29.1 Å². The largest absolute Gasteiger partial charge is 0.353 e. The third-order valence-corrected chi connectivity index (χ3v) is 3.86. The molecule has 3 aliphatic rings. The Morgan fingerprint density at radius 3 is 2.46 bits per heavy atom. The first-order chi connectivity index (χ1) is 6.34. The predicted octanol–water partition coefficient (Wildman–Crippen LogP) is 1.70. The van der Waals surface area contributed by atoms with Gasteiger partial charge in [-0.25, -0.2) is 0 Å².